The van der Waals surface area contributed by atoms with Gasteiger partial charge in [-0.2, -0.15) is 0 Å². The topological polar surface area (TPSA) is 78.4 Å². The first-order valence-electron chi connectivity index (χ1n) is 8.24. The predicted octanol–water partition coefficient (Wildman–Crippen LogP) is 3.41. The third-order valence-corrected chi connectivity index (χ3v) is 3.95. The van der Waals surface area contributed by atoms with E-state index in [9.17, 15) is 9.59 Å². The van der Waals surface area contributed by atoms with Crippen LogP contribution >= 0.6 is 0 Å². The van der Waals surface area contributed by atoms with Crippen LogP contribution in [-0.4, -0.2) is 35.1 Å². The van der Waals surface area contributed by atoms with E-state index < -0.39 is 18.0 Å². The minimum atomic E-state index is -0.947. The van der Waals surface area contributed by atoms with Crippen molar-refractivity contribution in [2.75, 3.05) is 7.11 Å². The van der Waals surface area contributed by atoms with Gasteiger partial charge in [0.15, 0.2) is 6.10 Å². The Bertz CT molecular complexity index is 941. The van der Waals surface area contributed by atoms with Gasteiger partial charge in [0.05, 0.1) is 29.6 Å². The molecule has 0 aliphatic heterocycles. The van der Waals surface area contributed by atoms with Gasteiger partial charge in [-0.3, -0.25) is 4.98 Å². The maximum atomic E-state index is 12.8. The van der Waals surface area contributed by atoms with Gasteiger partial charge < -0.3 is 9.47 Å². The highest BCUT2D eigenvalue weighted by molar-refractivity contribution is 6.05. The van der Waals surface area contributed by atoms with Crippen molar-refractivity contribution in [2.45, 2.75) is 19.4 Å². The van der Waals surface area contributed by atoms with Crippen LogP contribution in [0.15, 0.2) is 54.7 Å². The van der Waals surface area contributed by atoms with Crippen LogP contribution in [-0.2, 0) is 14.3 Å². The SMILES string of the molecule is CCC(OC(=O)c1cc(-c2ccccn2)nc2ccccc12)C(=O)OC. The molecule has 1 atom stereocenters. The summed E-state index contributed by atoms with van der Waals surface area (Å²) >= 11 is 0. The second-order valence-corrected chi connectivity index (χ2v) is 5.61. The zero-order chi connectivity index (χ0) is 18.5. The van der Waals surface area contributed by atoms with Crippen LogP contribution in [0.4, 0.5) is 0 Å². The van der Waals surface area contributed by atoms with Crippen molar-refractivity contribution in [2.24, 2.45) is 0 Å². The molecule has 0 fully saturated rings. The van der Waals surface area contributed by atoms with Crippen LogP contribution in [0, 0.1) is 0 Å². The number of methoxy groups -OCH3 is 1. The molecule has 0 radical (unpaired) electrons. The summed E-state index contributed by atoms with van der Waals surface area (Å²) in [7, 11) is 1.26. The Hall–Kier alpha value is -3.28. The van der Waals surface area contributed by atoms with Crippen LogP contribution in [0.5, 0.6) is 0 Å². The minimum absolute atomic E-state index is 0.328. The van der Waals surface area contributed by atoms with Gasteiger partial charge in [0.2, 0.25) is 0 Å². The quantitative estimate of drug-likeness (QED) is 0.656. The van der Waals surface area contributed by atoms with Crippen molar-refractivity contribution >= 4 is 22.8 Å². The van der Waals surface area contributed by atoms with E-state index in [0.717, 1.165) is 0 Å². The molecule has 26 heavy (non-hydrogen) atoms. The normalized spacial score (nSPS) is 11.8. The molecule has 0 aliphatic rings. The molecule has 2 heterocycles. The minimum Gasteiger partial charge on any atom is -0.466 e. The molecule has 1 unspecified atom stereocenters. The van der Waals surface area contributed by atoms with E-state index in [2.05, 4.69) is 14.7 Å². The molecule has 132 valence electrons. The molecule has 0 aliphatic carbocycles. The third-order valence-electron chi connectivity index (χ3n) is 3.95. The second-order valence-electron chi connectivity index (χ2n) is 5.61. The Balaban J connectivity index is 2.06. The van der Waals surface area contributed by atoms with Crippen LogP contribution in [0.25, 0.3) is 22.3 Å². The van der Waals surface area contributed by atoms with E-state index >= 15 is 0 Å². The fourth-order valence-electron chi connectivity index (χ4n) is 2.61. The van der Waals surface area contributed by atoms with E-state index in [-0.39, 0.29) is 0 Å². The molecule has 1 aromatic carbocycles. The molecule has 0 bridgehead atoms. The number of carbonyl (C=O) groups is 2. The van der Waals surface area contributed by atoms with Gasteiger partial charge in [-0.1, -0.05) is 31.2 Å². The van der Waals surface area contributed by atoms with Gasteiger partial charge in [-0.15, -0.1) is 0 Å². The number of nitrogens with zero attached hydrogens (tertiary/aromatic N) is 2. The fraction of sp³-hybridized carbons (Fsp3) is 0.200. The number of aromatic nitrogens is 2. The van der Waals surface area contributed by atoms with Gasteiger partial charge >= 0.3 is 11.9 Å². The smallest absolute Gasteiger partial charge is 0.347 e. The number of fused-ring (bicyclic) bond motifs is 1. The second kappa shape index (κ2) is 7.74. The largest absolute Gasteiger partial charge is 0.466 e. The molecule has 0 N–H and O–H groups in total. The van der Waals surface area contributed by atoms with Crippen molar-refractivity contribution in [1.82, 2.24) is 9.97 Å². The van der Waals surface area contributed by atoms with Gasteiger partial charge in [0, 0.05) is 11.6 Å². The Labute approximate surface area is 150 Å². The standard InChI is InChI=1S/C20H18N2O4/c1-3-18(20(24)25-2)26-19(23)14-12-17(16-10-6-7-11-21-16)22-15-9-5-4-8-13(14)15/h4-12,18H,3H2,1-2H3. The molecular formula is C20H18N2O4. The highest BCUT2D eigenvalue weighted by atomic mass is 16.6. The van der Waals surface area contributed by atoms with Crippen molar-refractivity contribution < 1.29 is 19.1 Å². The van der Waals surface area contributed by atoms with Crippen LogP contribution in [0.2, 0.25) is 0 Å². The number of ether oxygens (including phenoxy) is 2. The summed E-state index contributed by atoms with van der Waals surface area (Å²) in [6, 6.07) is 14.4. The van der Waals surface area contributed by atoms with E-state index in [0.29, 0.717) is 34.3 Å². The van der Waals surface area contributed by atoms with E-state index in [4.69, 9.17) is 4.74 Å². The Morgan fingerprint density at radius 1 is 1.08 bits per heavy atom. The monoisotopic (exact) mass is 350 g/mol. The molecule has 0 spiro atoms. The van der Waals surface area contributed by atoms with Gasteiger partial charge in [-0.25, -0.2) is 14.6 Å². The third kappa shape index (κ3) is 3.54. The number of rotatable bonds is 5. The molecular weight excluding hydrogens is 332 g/mol. The van der Waals surface area contributed by atoms with E-state index in [1.165, 1.54) is 7.11 Å². The number of hydrogen-bond donors (Lipinski definition) is 0. The van der Waals surface area contributed by atoms with Gasteiger partial charge in [0.1, 0.15) is 0 Å². The zero-order valence-electron chi connectivity index (χ0n) is 14.5. The van der Waals surface area contributed by atoms with Crippen molar-refractivity contribution in [3.05, 3.63) is 60.3 Å². The summed E-state index contributed by atoms with van der Waals surface area (Å²) in [5.74, 6) is -1.18. The average Bonchev–Trinajstić information content (AvgIpc) is 2.71. The van der Waals surface area contributed by atoms with Crippen molar-refractivity contribution in [1.29, 1.82) is 0 Å². The molecule has 6 heteroatoms. The molecule has 3 rings (SSSR count). The molecule has 3 aromatic rings. The van der Waals surface area contributed by atoms with Crippen molar-refractivity contribution in [3.63, 3.8) is 0 Å². The number of para-hydroxylation sites is 1. The first-order valence-corrected chi connectivity index (χ1v) is 8.24. The fourth-order valence-corrected chi connectivity index (χ4v) is 2.61. The summed E-state index contributed by atoms with van der Waals surface area (Å²) in [5, 5.41) is 0.650. The van der Waals surface area contributed by atoms with Gasteiger partial charge in [0.25, 0.3) is 0 Å². The number of esters is 2. The first kappa shape index (κ1) is 17.5. The zero-order valence-corrected chi connectivity index (χ0v) is 14.5. The molecule has 0 amide bonds. The Morgan fingerprint density at radius 2 is 1.85 bits per heavy atom. The van der Waals surface area contributed by atoms with E-state index in [1.54, 1.807) is 25.3 Å². The summed E-state index contributed by atoms with van der Waals surface area (Å²) in [5.41, 5.74) is 2.18. The molecule has 2 aromatic heterocycles. The molecule has 0 saturated heterocycles. The maximum absolute atomic E-state index is 12.8. The number of benzene rings is 1. The highest BCUT2D eigenvalue weighted by Gasteiger charge is 2.24. The molecule has 0 saturated carbocycles. The van der Waals surface area contributed by atoms with Gasteiger partial charge in [-0.05, 0) is 30.7 Å². The lowest BCUT2D eigenvalue weighted by Gasteiger charge is -2.15. The molecule has 6 nitrogen and oxygen atoms in total. The summed E-state index contributed by atoms with van der Waals surface area (Å²) in [6.45, 7) is 1.75. The van der Waals surface area contributed by atoms with Crippen LogP contribution < -0.4 is 0 Å². The average molecular weight is 350 g/mol. The summed E-state index contributed by atoms with van der Waals surface area (Å²) < 4.78 is 10.1. The number of hydrogen-bond acceptors (Lipinski definition) is 6. The lowest BCUT2D eigenvalue weighted by molar-refractivity contribution is -0.151. The summed E-state index contributed by atoms with van der Waals surface area (Å²) in [4.78, 5) is 33.4. The summed E-state index contributed by atoms with van der Waals surface area (Å²) in [6.07, 6.45) is 1.04. The van der Waals surface area contributed by atoms with Crippen LogP contribution in [0.1, 0.15) is 23.7 Å². The number of carbonyl (C=O) groups excluding carboxylic acids is 2. The lowest BCUT2D eigenvalue weighted by atomic mass is 10.1. The predicted molar refractivity (Wildman–Crippen MR) is 96.5 cm³/mol. The Kier molecular flexibility index (Phi) is 5.22. The first-order chi connectivity index (χ1) is 12.6. The van der Waals surface area contributed by atoms with Crippen molar-refractivity contribution in [3.8, 4) is 11.4 Å². The van der Waals surface area contributed by atoms with Crippen LogP contribution in [0.3, 0.4) is 0 Å². The highest BCUT2D eigenvalue weighted by Crippen LogP contribution is 2.24. The Morgan fingerprint density at radius 3 is 2.54 bits per heavy atom. The maximum Gasteiger partial charge on any atom is 0.347 e. The van der Waals surface area contributed by atoms with E-state index in [1.807, 2.05) is 36.4 Å². The number of pyridine rings is 2. The lowest BCUT2D eigenvalue weighted by Crippen LogP contribution is -2.27.